The first-order chi connectivity index (χ1) is 3.60. The van der Waals surface area contributed by atoms with Crippen molar-refractivity contribution in [3.8, 4) is 0 Å². The van der Waals surface area contributed by atoms with Crippen molar-refractivity contribution in [1.29, 1.82) is 0 Å². The van der Waals surface area contributed by atoms with Crippen molar-refractivity contribution in [3.63, 3.8) is 0 Å². The molecule has 1 rings (SSSR count). The molecule has 1 saturated heterocycles. The molecule has 1 aliphatic heterocycles. The lowest BCUT2D eigenvalue weighted by atomic mass is 10.3. The van der Waals surface area contributed by atoms with Gasteiger partial charge in [0.15, 0.2) is 0 Å². The first-order valence-electron chi connectivity index (χ1n) is 2.60. The van der Waals surface area contributed by atoms with Crippen LogP contribution in [-0.2, 0) is 10.0 Å². The Hall–Kier alpha value is -0.0900. The second-order valence-corrected chi connectivity index (χ2v) is 4.00. The molecule has 3 nitrogen and oxygen atoms in total. The molecular formula is C4H9NO2S. The maximum absolute atomic E-state index is 10.5. The van der Waals surface area contributed by atoms with Crippen LogP contribution in [0.2, 0.25) is 0 Å². The molecule has 1 N–H and O–H groups in total. The molecule has 1 aliphatic rings. The minimum atomic E-state index is -2.85. The average molecular weight is 135 g/mol. The van der Waals surface area contributed by atoms with E-state index in [2.05, 4.69) is 4.72 Å². The first-order valence-corrected chi connectivity index (χ1v) is 4.25. The standard InChI is InChI=1S/C4H9NO2S/c1-4-2-3-8(6,7)5-4/h4-5H,2-3H2,1H3/t4-/m1/s1. The third kappa shape index (κ3) is 1.20. The summed E-state index contributed by atoms with van der Waals surface area (Å²) >= 11 is 0. The van der Waals surface area contributed by atoms with E-state index in [4.69, 9.17) is 0 Å². The Balaban J connectivity index is 2.71. The Labute approximate surface area is 49.1 Å². The fourth-order valence-corrected chi connectivity index (χ4v) is 2.27. The Bertz CT molecular complexity index is 172. The summed E-state index contributed by atoms with van der Waals surface area (Å²) in [6.45, 7) is 1.87. The summed E-state index contributed by atoms with van der Waals surface area (Å²) in [6.07, 6.45) is 0.752. The molecule has 0 aromatic rings. The lowest BCUT2D eigenvalue weighted by Crippen LogP contribution is -2.22. The van der Waals surface area contributed by atoms with Crippen LogP contribution in [0.15, 0.2) is 0 Å². The summed E-state index contributed by atoms with van der Waals surface area (Å²) in [5, 5.41) is 0. The third-order valence-electron chi connectivity index (χ3n) is 1.20. The summed E-state index contributed by atoms with van der Waals surface area (Å²) in [6, 6.07) is 0.153. The lowest BCUT2D eigenvalue weighted by molar-refractivity contribution is 0.588. The van der Waals surface area contributed by atoms with E-state index in [-0.39, 0.29) is 6.04 Å². The molecule has 0 aromatic carbocycles. The van der Waals surface area contributed by atoms with Gasteiger partial charge in [-0.25, -0.2) is 13.1 Å². The van der Waals surface area contributed by atoms with Gasteiger partial charge in [-0.1, -0.05) is 0 Å². The number of rotatable bonds is 0. The largest absolute Gasteiger partial charge is 0.212 e. The number of hydrogen-bond acceptors (Lipinski definition) is 2. The van der Waals surface area contributed by atoms with Crippen molar-refractivity contribution < 1.29 is 8.42 Å². The van der Waals surface area contributed by atoms with Gasteiger partial charge >= 0.3 is 0 Å². The number of sulfonamides is 1. The fourth-order valence-electron chi connectivity index (χ4n) is 0.756. The summed E-state index contributed by atoms with van der Waals surface area (Å²) in [5.41, 5.74) is 0. The van der Waals surface area contributed by atoms with Crippen LogP contribution in [0.5, 0.6) is 0 Å². The minimum Gasteiger partial charge on any atom is -0.212 e. The first kappa shape index (κ1) is 6.04. The number of hydrogen-bond donors (Lipinski definition) is 1. The van der Waals surface area contributed by atoms with E-state index in [1.54, 1.807) is 0 Å². The van der Waals surface area contributed by atoms with E-state index in [9.17, 15) is 8.42 Å². The molecule has 0 aromatic heterocycles. The van der Waals surface area contributed by atoms with Crippen molar-refractivity contribution in [2.75, 3.05) is 5.75 Å². The second-order valence-electron chi connectivity index (χ2n) is 2.13. The predicted molar refractivity (Wildman–Crippen MR) is 31.0 cm³/mol. The maximum atomic E-state index is 10.5. The smallest absolute Gasteiger partial charge is 0.211 e. The van der Waals surface area contributed by atoms with Gasteiger partial charge in [0.2, 0.25) is 10.0 Å². The van der Waals surface area contributed by atoms with E-state index in [0.29, 0.717) is 5.75 Å². The van der Waals surface area contributed by atoms with Crippen LogP contribution in [0.1, 0.15) is 13.3 Å². The highest BCUT2D eigenvalue weighted by molar-refractivity contribution is 7.89. The van der Waals surface area contributed by atoms with Gasteiger partial charge in [0.25, 0.3) is 0 Å². The van der Waals surface area contributed by atoms with Crippen LogP contribution in [0.4, 0.5) is 0 Å². The van der Waals surface area contributed by atoms with Gasteiger partial charge in [-0.2, -0.15) is 0 Å². The molecular weight excluding hydrogens is 126 g/mol. The van der Waals surface area contributed by atoms with Gasteiger partial charge in [0.1, 0.15) is 0 Å². The normalized spacial score (nSPS) is 35.4. The molecule has 1 atom stereocenters. The molecule has 0 amide bonds. The molecule has 0 spiro atoms. The molecule has 4 heteroatoms. The lowest BCUT2D eigenvalue weighted by Gasteiger charge is -1.94. The quantitative estimate of drug-likeness (QED) is 0.495. The molecule has 48 valence electrons. The minimum absolute atomic E-state index is 0.153. The van der Waals surface area contributed by atoms with Crippen LogP contribution >= 0.6 is 0 Å². The molecule has 0 radical (unpaired) electrons. The third-order valence-corrected chi connectivity index (χ3v) is 2.73. The molecule has 8 heavy (non-hydrogen) atoms. The van der Waals surface area contributed by atoms with Crippen LogP contribution in [0.25, 0.3) is 0 Å². The molecule has 0 saturated carbocycles. The fraction of sp³-hybridized carbons (Fsp3) is 1.00. The van der Waals surface area contributed by atoms with Crippen molar-refractivity contribution in [1.82, 2.24) is 4.72 Å². The zero-order valence-corrected chi connectivity index (χ0v) is 5.53. The van der Waals surface area contributed by atoms with Crippen molar-refractivity contribution in [3.05, 3.63) is 0 Å². The molecule has 1 fully saturated rings. The van der Waals surface area contributed by atoms with E-state index in [0.717, 1.165) is 6.42 Å². The summed E-state index contributed by atoms with van der Waals surface area (Å²) in [5.74, 6) is 0.300. The average Bonchev–Trinajstić information content (AvgIpc) is 1.82. The van der Waals surface area contributed by atoms with Crippen LogP contribution in [0.3, 0.4) is 0 Å². The highest BCUT2D eigenvalue weighted by atomic mass is 32.2. The molecule has 0 bridgehead atoms. The SMILES string of the molecule is C[C@@H]1CCS(=O)(=O)N1. The highest BCUT2D eigenvalue weighted by Crippen LogP contribution is 2.04. The van der Waals surface area contributed by atoms with Gasteiger partial charge in [0, 0.05) is 6.04 Å². The van der Waals surface area contributed by atoms with Gasteiger partial charge in [0.05, 0.1) is 5.75 Å². The second kappa shape index (κ2) is 1.70. The van der Waals surface area contributed by atoms with Gasteiger partial charge in [-0.05, 0) is 13.3 Å². The Morgan fingerprint density at radius 3 is 2.38 bits per heavy atom. The zero-order chi connectivity index (χ0) is 6.20. The van der Waals surface area contributed by atoms with Gasteiger partial charge in [-0.15, -0.1) is 0 Å². The van der Waals surface area contributed by atoms with Crippen LogP contribution in [0, 0.1) is 0 Å². The zero-order valence-electron chi connectivity index (χ0n) is 4.72. The molecule has 0 unspecified atom stereocenters. The maximum Gasteiger partial charge on any atom is 0.211 e. The van der Waals surface area contributed by atoms with Gasteiger partial charge < -0.3 is 0 Å². The van der Waals surface area contributed by atoms with E-state index in [1.165, 1.54) is 0 Å². The summed E-state index contributed by atoms with van der Waals surface area (Å²) in [7, 11) is -2.85. The van der Waals surface area contributed by atoms with Crippen molar-refractivity contribution >= 4 is 10.0 Å². The topological polar surface area (TPSA) is 46.2 Å². The van der Waals surface area contributed by atoms with Crippen molar-refractivity contribution in [2.45, 2.75) is 19.4 Å². The summed E-state index contributed by atoms with van der Waals surface area (Å²) < 4.78 is 23.5. The molecule has 0 aliphatic carbocycles. The van der Waals surface area contributed by atoms with Gasteiger partial charge in [-0.3, -0.25) is 0 Å². The monoisotopic (exact) mass is 135 g/mol. The Morgan fingerprint density at radius 2 is 2.25 bits per heavy atom. The summed E-state index contributed by atoms with van der Waals surface area (Å²) in [4.78, 5) is 0. The van der Waals surface area contributed by atoms with E-state index in [1.807, 2.05) is 6.92 Å². The molecule has 1 heterocycles. The Morgan fingerprint density at radius 1 is 1.62 bits per heavy atom. The van der Waals surface area contributed by atoms with Crippen LogP contribution < -0.4 is 4.72 Å². The highest BCUT2D eigenvalue weighted by Gasteiger charge is 2.22. The van der Waals surface area contributed by atoms with E-state index >= 15 is 0 Å². The van der Waals surface area contributed by atoms with Crippen LogP contribution in [-0.4, -0.2) is 20.2 Å². The van der Waals surface area contributed by atoms with E-state index < -0.39 is 10.0 Å². The van der Waals surface area contributed by atoms with Crippen molar-refractivity contribution in [2.24, 2.45) is 0 Å². The number of nitrogens with one attached hydrogen (secondary N) is 1. The predicted octanol–water partition coefficient (Wildman–Crippen LogP) is -0.302. The Kier molecular flexibility index (Phi) is 1.28.